The highest BCUT2D eigenvalue weighted by atomic mass is 79.9. The van der Waals surface area contributed by atoms with Crippen LogP contribution in [0.5, 0.6) is 0 Å². The third-order valence-corrected chi connectivity index (χ3v) is 5.10. The first kappa shape index (κ1) is 12.1. The van der Waals surface area contributed by atoms with Gasteiger partial charge in [-0.15, -0.1) is 11.3 Å². The van der Waals surface area contributed by atoms with Gasteiger partial charge >= 0.3 is 0 Å². The van der Waals surface area contributed by atoms with Crippen LogP contribution in [0.25, 0.3) is 10.1 Å². The first-order chi connectivity index (χ1) is 8.75. The minimum Gasteiger partial charge on any atom is -0.378 e. The standard InChI is InChI=1S/C13H12BrNO2S/c14-10-3-1-2-9-8-11(18-12(9)10)13(16)15-4-6-17-7-5-15/h1-3,8H,4-7H2. The summed E-state index contributed by atoms with van der Waals surface area (Å²) >= 11 is 5.07. The quantitative estimate of drug-likeness (QED) is 0.806. The number of amides is 1. The summed E-state index contributed by atoms with van der Waals surface area (Å²) in [6.45, 7) is 2.66. The molecule has 3 rings (SSSR count). The summed E-state index contributed by atoms with van der Waals surface area (Å²) in [5.74, 6) is 0.117. The summed E-state index contributed by atoms with van der Waals surface area (Å²) in [6.07, 6.45) is 0. The fraction of sp³-hybridized carbons (Fsp3) is 0.308. The third-order valence-electron chi connectivity index (χ3n) is 3.01. The van der Waals surface area contributed by atoms with Crippen molar-refractivity contribution in [1.82, 2.24) is 4.90 Å². The zero-order valence-corrected chi connectivity index (χ0v) is 12.1. The zero-order valence-electron chi connectivity index (χ0n) is 9.69. The number of carbonyl (C=O) groups is 1. The average molecular weight is 326 g/mol. The number of ether oxygens (including phenoxy) is 1. The van der Waals surface area contributed by atoms with Crippen molar-refractivity contribution in [2.24, 2.45) is 0 Å². The monoisotopic (exact) mass is 325 g/mol. The van der Waals surface area contributed by atoms with Crippen LogP contribution in [0.15, 0.2) is 28.7 Å². The molecule has 0 spiro atoms. The number of nitrogens with zero attached hydrogens (tertiary/aromatic N) is 1. The van der Waals surface area contributed by atoms with Crippen molar-refractivity contribution in [3.05, 3.63) is 33.6 Å². The minimum atomic E-state index is 0.117. The Bertz CT molecular complexity index is 590. The fourth-order valence-corrected chi connectivity index (χ4v) is 3.71. The third kappa shape index (κ3) is 2.18. The van der Waals surface area contributed by atoms with Gasteiger partial charge in [0.2, 0.25) is 0 Å². The molecule has 2 heterocycles. The molecule has 0 radical (unpaired) electrons. The van der Waals surface area contributed by atoms with Crippen LogP contribution < -0.4 is 0 Å². The lowest BCUT2D eigenvalue weighted by Gasteiger charge is -2.26. The molecular formula is C13H12BrNO2S. The van der Waals surface area contributed by atoms with Gasteiger partial charge in [0.1, 0.15) is 0 Å². The molecule has 0 unspecified atom stereocenters. The lowest BCUT2D eigenvalue weighted by atomic mass is 10.2. The number of rotatable bonds is 1. The van der Waals surface area contributed by atoms with Crippen LogP contribution in [0.3, 0.4) is 0 Å². The summed E-state index contributed by atoms with van der Waals surface area (Å²) in [7, 11) is 0. The number of thiophene rings is 1. The maximum absolute atomic E-state index is 12.3. The smallest absolute Gasteiger partial charge is 0.264 e. The molecule has 1 aromatic carbocycles. The first-order valence-corrected chi connectivity index (χ1v) is 7.42. The fourth-order valence-electron chi connectivity index (χ4n) is 2.06. The maximum Gasteiger partial charge on any atom is 0.264 e. The molecule has 1 amide bonds. The molecule has 0 N–H and O–H groups in total. The molecular weight excluding hydrogens is 314 g/mol. The lowest BCUT2D eigenvalue weighted by molar-refractivity contribution is 0.0306. The number of hydrogen-bond donors (Lipinski definition) is 0. The van der Waals surface area contributed by atoms with E-state index in [4.69, 9.17) is 4.74 Å². The molecule has 1 fully saturated rings. The summed E-state index contributed by atoms with van der Waals surface area (Å²) < 4.78 is 7.45. The number of fused-ring (bicyclic) bond motifs is 1. The van der Waals surface area contributed by atoms with Gasteiger partial charge in [-0.25, -0.2) is 0 Å². The highest BCUT2D eigenvalue weighted by Crippen LogP contribution is 2.32. The first-order valence-electron chi connectivity index (χ1n) is 5.81. The lowest BCUT2D eigenvalue weighted by Crippen LogP contribution is -2.40. The second-order valence-corrected chi connectivity index (χ2v) is 6.08. The van der Waals surface area contributed by atoms with Gasteiger partial charge in [-0.1, -0.05) is 12.1 Å². The Morgan fingerprint density at radius 3 is 2.83 bits per heavy atom. The van der Waals surface area contributed by atoms with E-state index in [-0.39, 0.29) is 5.91 Å². The van der Waals surface area contributed by atoms with Crippen LogP contribution in [-0.2, 0) is 4.74 Å². The molecule has 1 aliphatic rings. The van der Waals surface area contributed by atoms with Crippen LogP contribution in [-0.4, -0.2) is 37.1 Å². The van der Waals surface area contributed by atoms with Gasteiger partial charge in [0.05, 0.1) is 18.1 Å². The van der Waals surface area contributed by atoms with E-state index in [0.29, 0.717) is 26.3 Å². The van der Waals surface area contributed by atoms with Crippen LogP contribution >= 0.6 is 27.3 Å². The van der Waals surface area contributed by atoms with E-state index >= 15 is 0 Å². The van der Waals surface area contributed by atoms with Gasteiger partial charge in [-0.2, -0.15) is 0 Å². The Hall–Kier alpha value is -0.910. The SMILES string of the molecule is O=C(c1cc2cccc(Br)c2s1)N1CCOCC1. The topological polar surface area (TPSA) is 29.5 Å². The van der Waals surface area contributed by atoms with Crippen LogP contribution in [0.4, 0.5) is 0 Å². The van der Waals surface area contributed by atoms with E-state index in [0.717, 1.165) is 19.4 Å². The van der Waals surface area contributed by atoms with Crippen molar-refractivity contribution in [3.63, 3.8) is 0 Å². The molecule has 1 aliphatic heterocycles. The van der Waals surface area contributed by atoms with E-state index in [2.05, 4.69) is 15.9 Å². The van der Waals surface area contributed by atoms with Crippen LogP contribution in [0.1, 0.15) is 9.67 Å². The van der Waals surface area contributed by atoms with Gasteiger partial charge in [0, 0.05) is 22.3 Å². The zero-order chi connectivity index (χ0) is 12.5. The number of carbonyl (C=O) groups excluding carboxylic acids is 1. The Balaban J connectivity index is 1.94. The Morgan fingerprint density at radius 2 is 2.11 bits per heavy atom. The second kappa shape index (κ2) is 4.99. The number of hydrogen-bond acceptors (Lipinski definition) is 3. The van der Waals surface area contributed by atoms with E-state index in [1.165, 1.54) is 0 Å². The van der Waals surface area contributed by atoms with Gasteiger partial charge < -0.3 is 9.64 Å². The molecule has 5 heteroatoms. The summed E-state index contributed by atoms with van der Waals surface area (Å²) in [5.41, 5.74) is 0. The second-order valence-electron chi connectivity index (χ2n) is 4.17. The normalized spacial score (nSPS) is 16.2. The Labute approximate surface area is 117 Å². The van der Waals surface area contributed by atoms with E-state index in [9.17, 15) is 4.79 Å². The molecule has 1 aromatic heterocycles. The van der Waals surface area contributed by atoms with Gasteiger partial charge in [0.15, 0.2) is 0 Å². The molecule has 0 saturated carbocycles. The van der Waals surface area contributed by atoms with Crippen LogP contribution in [0.2, 0.25) is 0 Å². The molecule has 0 atom stereocenters. The summed E-state index contributed by atoms with van der Waals surface area (Å²) in [6, 6.07) is 8.00. The van der Waals surface area contributed by atoms with Crippen LogP contribution in [0, 0.1) is 0 Å². The molecule has 0 bridgehead atoms. The predicted octanol–water partition coefficient (Wildman–Crippen LogP) is 3.14. The van der Waals surface area contributed by atoms with Gasteiger partial charge in [-0.3, -0.25) is 4.79 Å². The molecule has 18 heavy (non-hydrogen) atoms. The van der Waals surface area contributed by atoms with Gasteiger partial charge in [0.25, 0.3) is 5.91 Å². The predicted molar refractivity (Wildman–Crippen MR) is 76.2 cm³/mol. The molecule has 0 aliphatic carbocycles. The van der Waals surface area contributed by atoms with Crippen molar-refractivity contribution in [3.8, 4) is 0 Å². The van der Waals surface area contributed by atoms with Crippen molar-refractivity contribution in [2.75, 3.05) is 26.3 Å². The van der Waals surface area contributed by atoms with Crippen molar-refractivity contribution in [2.45, 2.75) is 0 Å². The van der Waals surface area contributed by atoms with Crippen molar-refractivity contribution < 1.29 is 9.53 Å². The Morgan fingerprint density at radius 1 is 1.33 bits per heavy atom. The highest BCUT2D eigenvalue weighted by molar-refractivity contribution is 9.10. The number of benzene rings is 1. The summed E-state index contributed by atoms with van der Waals surface area (Å²) in [5, 5.41) is 1.12. The van der Waals surface area contributed by atoms with E-state index < -0.39 is 0 Å². The number of morpholine rings is 1. The molecule has 2 aromatic rings. The van der Waals surface area contributed by atoms with E-state index in [1.807, 2.05) is 29.2 Å². The highest BCUT2D eigenvalue weighted by Gasteiger charge is 2.20. The molecule has 94 valence electrons. The maximum atomic E-state index is 12.3. The minimum absolute atomic E-state index is 0.117. The van der Waals surface area contributed by atoms with Crippen molar-refractivity contribution >= 4 is 43.3 Å². The average Bonchev–Trinajstić information content (AvgIpc) is 2.84. The summed E-state index contributed by atoms with van der Waals surface area (Å²) in [4.78, 5) is 15.0. The van der Waals surface area contributed by atoms with Gasteiger partial charge in [-0.05, 0) is 33.4 Å². The Kier molecular flexibility index (Phi) is 3.37. The van der Waals surface area contributed by atoms with E-state index in [1.54, 1.807) is 11.3 Å². The number of halogens is 1. The largest absolute Gasteiger partial charge is 0.378 e. The molecule has 1 saturated heterocycles. The molecule has 3 nitrogen and oxygen atoms in total. The van der Waals surface area contributed by atoms with Crippen molar-refractivity contribution in [1.29, 1.82) is 0 Å².